The second kappa shape index (κ2) is 6.46. The summed E-state index contributed by atoms with van der Waals surface area (Å²) in [5, 5.41) is 3.85. The molecule has 20 heavy (non-hydrogen) atoms. The van der Waals surface area contributed by atoms with Crippen molar-refractivity contribution in [3.8, 4) is 0 Å². The smallest absolute Gasteiger partial charge is 0.222 e. The number of hydrogen-bond donors (Lipinski definition) is 2. The number of nitrogens with two attached hydrogens (primary N) is 1. The molecule has 0 aromatic heterocycles. The van der Waals surface area contributed by atoms with E-state index in [1.165, 1.54) is 0 Å². The normalized spacial score (nSPS) is 22.9. The van der Waals surface area contributed by atoms with Crippen molar-refractivity contribution in [2.45, 2.75) is 32.4 Å². The minimum Gasteiger partial charge on any atom is -0.369 e. The van der Waals surface area contributed by atoms with E-state index >= 15 is 0 Å². The third kappa shape index (κ3) is 3.25. The van der Waals surface area contributed by atoms with Crippen molar-refractivity contribution in [1.29, 1.82) is 0 Å². The lowest BCUT2D eigenvalue weighted by molar-refractivity contribution is -0.122. The molecule has 2 rings (SSSR count). The number of benzene rings is 1. The molecule has 1 saturated heterocycles. The summed E-state index contributed by atoms with van der Waals surface area (Å²) in [6.07, 6.45) is 1.85. The molecule has 0 saturated carbocycles. The topological polar surface area (TPSA) is 58.4 Å². The highest BCUT2D eigenvalue weighted by Crippen LogP contribution is 2.30. The SMILES string of the molecule is CNCc1ccc(N2CC(C(N)=O)CCC2C)cc1Cl. The van der Waals surface area contributed by atoms with E-state index in [2.05, 4.69) is 23.2 Å². The van der Waals surface area contributed by atoms with E-state index in [1.54, 1.807) is 0 Å². The van der Waals surface area contributed by atoms with Crippen LogP contribution in [0.15, 0.2) is 18.2 Å². The number of anilines is 1. The van der Waals surface area contributed by atoms with Crippen molar-refractivity contribution in [2.24, 2.45) is 11.7 Å². The third-order valence-electron chi connectivity index (χ3n) is 4.02. The molecule has 1 amide bonds. The molecule has 0 spiro atoms. The number of nitrogens with zero attached hydrogens (tertiary/aromatic N) is 1. The van der Waals surface area contributed by atoms with E-state index in [4.69, 9.17) is 17.3 Å². The van der Waals surface area contributed by atoms with Gasteiger partial charge in [0.15, 0.2) is 0 Å². The van der Waals surface area contributed by atoms with Crippen LogP contribution in [0.3, 0.4) is 0 Å². The van der Waals surface area contributed by atoms with Gasteiger partial charge in [0.2, 0.25) is 5.91 Å². The van der Waals surface area contributed by atoms with Crippen LogP contribution in [-0.2, 0) is 11.3 Å². The van der Waals surface area contributed by atoms with Crippen molar-refractivity contribution in [3.05, 3.63) is 28.8 Å². The number of piperidine rings is 1. The molecule has 2 atom stereocenters. The van der Waals surface area contributed by atoms with Gasteiger partial charge in [-0.2, -0.15) is 0 Å². The summed E-state index contributed by atoms with van der Waals surface area (Å²) in [5.41, 5.74) is 7.59. The molecule has 1 aromatic rings. The molecule has 5 heteroatoms. The summed E-state index contributed by atoms with van der Waals surface area (Å²) in [4.78, 5) is 13.6. The number of amides is 1. The van der Waals surface area contributed by atoms with Gasteiger partial charge in [-0.25, -0.2) is 0 Å². The van der Waals surface area contributed by atoms with E-state index in [1.807, 2.05) is 19.2 Å². The Kier molecular flexibility index (Phi) is 4.89. The Morgan fingerprint density at radius 2 is 2.25 bits per heavy atom. The highest BCUT2D eigenvalue weighted by Gasteiger charge is 2.28. The fourth-order valence-electron chi connectivity index (χ4n) is 2.75. The summed E-state index contributed by atoms with van der Waals surface area (Å²) < 4.78 is 0. The van der Waals surface area contributed by atoms with Gasteiger partial charge in [0.05, 0.1) is 5.92 Å². The molecule has 4 nitrogen and oxygen atoms in total. The van der Waals surface area contributed by atoms with Gasteiger partial charge in [-0.15, -0.1) is 0 Å². The number of hydrogen-bond acceptors (Lipinski definition) is 3. The first-order valence-corrected chi connectivity index (χ1v) is 7.39. The number of nitrogens with one attached hydrogen (secondary N) is 1. The number of primary amides is 1. The van der Waals surface area contributed by atoms with Gasteiger partial charge in [-0.1, -0.05) is 17.7 Å². The van der Waals surface area contributed by atoms with Gasteiger partial charge in [-0.05, 0) is 44.5 Å². The van der Waals surface area contributed by atoms with Gasteiger partial charge in [-0.3, -0.25) is 4.79 Å². The van der Waals surface area contributed by atoms with Crippen LogP contribution in [0.1, 0.15) is 25.3 Å². The molecule has 1 heterocycles. The zero-order valence-corrected chi connectivity index (χ0v) is 12.8. The lowest BCUT2D eigenvalue weighted by Gasteiger charge is -2.38. The Morgan fingerprint density at radius 3 is 2.85 bits per heavy atom. The first-order valence-electron chi connectivity index (χ1n) is 7.02. The average molecular weight is 296 g/mol. The van der Waals surface area contributed by atoms with Crippen molar-refractivity contribution >= 4 is 23.2 Å². The highest BCUT2D eigenvalue weighted by atomic mass is 35.5. The van der Waals surface area contributed by atoms with Crippen molar-refractivity contribution in [3.63, 3.8) is 0 Å². The second-order valence-corrected chi connectivity index (χ2v) is 5.89. The van der Waals surface area contributed by atoms with Crippen LogP contribution in [-0.4, -0.2) is 25.5 Å². The van der Waals surface area contributed by atoms with E-state index in [-0.39, 0.29) is 11.8 Å². The molecule has 0 aliphatic carbocycles. The Balaban J connectivity index is 2.20. The van der Waals surface area contributed by atoms with E-state index in [0.29, 0.717) is 12.6 Å². The summed E-state index contributed by atoms with van der Waals surface area (Å²) in [7, 11) is 1.90. The van der Waals surface area contributed by atoms with Crippen LogP contribution in [0.25, 0.3) is 0 Å². The quantitative estimate of drug-likeness (QED) is 0.895. The van der Waals surface area contributed by atoms with Gasteiger partial charge in [0.1, 0.15) is 0 Å². The number of halogens is 1. The summed E-state index contributed by atoms with van der Waals surface area (Å²) in [6.45, 7) is 3.60. The fourth-order valence-corrected chi connectivity index (χ4v) is 2.99. The summed E-state index contributed by atoms with van der Waals surface area (Å²) >= 11 is 6.32. The number of carbonyl (C=O) groups is 1. The molecule has 3 N–H and O–H groups in total. The van der Waals surface area contributed by atoms with Crippen LogP contribution in [0, 0.1) is 5.92 Å². The molecule has 1 fully saturated rings. The predicted octanol–water partition coefficient (Wildman–Crippen LogP) is 2.15. The lowest BCUT2D eigenvalue weighted by Crippen LogP contribution is -2.45. The van der Waals surface area contributed by atoms with Crippen molar-refractivity contribution < 1.29 is 4.79 Å². The van der Waals surface area contributed by atoms with Crippen molar-refractivity contribution in [1.82, 2.24) is 5.32 Å². The standard InChI is InChI=1S/C15H22ClN3O/c1-10-3-4-12(15(17)20)9-19(10)13-6-5-11(8-18-2)14(16)7-13/h5-7,10,12,18H,3-4,8-9H2,1-2H3,(H2,17,20). The third-order valence-corrected chi connectivity index (χ3v) is 4.37. The van der Waals surface area contributed by atoms with Gasteiger partial charge in [0.25, 0.3) is 0 Å². The molecule has 1 aliphatic heterocycles. The van der Waals surface area contributed by atoms with E-state index in [9.17, 15) is 4.79 Å². The maximum Gasteiger partial charge on any atom is 0.222 e. The Labute approximate surface area is 125 Å². The maximum absolute atomic E-state index is 11.4. The van der Waals surface area contributed by atoms with E-state index in [0.717, 1.165) is 35.7 Å². The predicted molar refractivity (Wildman–Crippen MR) is 82.9 cm³/mol. The van der Waals surface area contributed by atoms with Crippen LogP contribution in [0.2, 0.25) is 5.02 Å². The first kappa shape index (κ1) is 15.1. The van der Waals surface area contributed by atoms with Crippen LogP contribution < -0.4 is 16.0 Å². The molecule has 0 bridgehead atoms. The minimum absolute atomic E-state index is 0.0676. The molecule has 2 unspecified atom stereocenters. The van der Waals surface area contributed by atoms with Gasteiger partial charge in [0, 0.05) is 29.8 Å². The summed E-state index contributed by atoms with van der Waals surface area (Å²) in [5.74, 6) is -0.276. The van der Waals surface area contributed by atoms with Gasteiger partial charge < -0.3 is 16.0 Å². The molecule has 110 valence electrons. The van der Waals surface area contributed by atoms with Crippen LogP contribution in [0.5, 0.6) is 0 Å². The summed E-state index contributed by atoms with van der Waals surface area (Å²) in [6, 6.07) is 6.48. The van der Waals surface area contributed by atoms with Gasteiger partial charge >= 0.3 is 0 Å². The highest BCUT2D eigenvalue weighted by molar-refractivity contribution is 6.31. The minimum atomic E-state index is -0.209. The maximum atomic E-state index is 11.4. The van der Waals surface area contributed by atoms with Crippen LogP contribution in [0.4, 0.5) is 5.69 Å². The van der Waals surface area contributed by atoms with Crippen LogP contribution >= 0.6 is 11.6 Å². The monoisotopic (exact) mass is 295 g/mol. The molecular weight excluding hydrogens is 274 g/mol. The zero-order chi connectivity index (χ0) is 14.7. The largest absolute Gasteiger partial charge is 0.369 e. The number of rotatable bonds is 4. The Hall–Kier alpha value is -1.26. The second-order valence-electron chi connectivity index (χ2n) is 5.48. The average Bonchev–Trinajstić information content (AvgIpc) is 2.41. The number of carbonyl (C=O) groups excluding carboxylic acids is 1. The zero-order valence-electron chi connectivity index (χ0n) is 12.0. The molecule has 1 aromatic carbocycles. The first-order chi connectivity index (χ1) is 9.52. The Bertz CT molecular complexity index is 492. The fraction of sp³-hybridized carbons (Fsp3) is 0.533. The molecular formula is C15H22ClN3O. The Morgan fingerprint density at radius 1 is 1.50 bits per heavy atom. The van der Waals surface area contributed by atoms with Crippen molar-refractivity contribution in [2.75, 3.05) is 18.5 Å². The van der Waals surface area contributed by atoms with E-state index < -0.39 is 0 Å². The molecule has 0 radical (unpaired) electrons. The lowest BCUT2D eigenvalue weighted by atomic mass is 9.92. The molecule has 1 aliphatic rings.